The molecule has 7 heteroatoms. The van der Waals surface area contributed by atoms with Crippen LogP contribution in [0.15, 0.2) is 85.5 Å². The Morgan fingerprint density at radius 1 is 1.00 bits per heavy atom. The highest BCUT2D eigenvalue weighted by molar-refractivity contribution is 5.94. The maximum atomic E-state index is 13.3. The second kappa shape index (κ2) is 11.2. The third-order valence-corrected chi connectivity index (χ3v) is 6.28. The normalized spacial score (nSPS) is 12.9. The van der Waals surface area contributed by atoms with Crippen LogP contribution in [0.1, 0.15) is 62.0 Å². The van der Waals surface area contributed by atoms with Gasteiger partial charge in [0.1, 0.15) is 11.9 Å². The molecule has 4 aromatic rings. The molecule has 7 nitrogen and oxygen atoms in total. The van der Waals surface area contributed by atoms with E-state index in [0.717, 1.165) is 22.5 Å². The lowest BCUT2D eigenvalue weighted by Crippen LogP contribution is -2.35. The molecule has 1 amide bonds. The van der Waals surface area contributed by atoms with Crippen LogP contribution in [0, 0.1) is 11.3 Å². The van der Waals surface area contributed by atoms with Gasteiger partial charge in [-0.3, -0.25) is 4.79 Å². The van der Waals surface area contributed by atoms with Gasteiger partial charge in [0.05, 0.1) is 35.5 Å². The number of nitriles is 1. The topological polar surface area (TPSA) is 95.6 Å². The van der Waals surface area contributed by atoms with Gasteiger partial charge >= 0.3 is 0 Å². The third kappa shape index (κ3) is 6.49. The molecule has 4 rings (SSSR count). The van der Waals surface area contributed by atoms with Gasteiger partial charge < -0.3 is 15.2 Å². The summed E-state index contributed by atoms with van der Waals surface area (Å²) in [4.78, 5) is 22.3. The van der Waals surface area contributed by atoms with Crippen molar-refractivity contribution in [1.82, 2.24) is 19.9 Å². The van der Waals surface area contributed by atoms with Crippen LogP contribution in [-0.4, -0.2) is 27.0 Å². The van der Waals surface area contributed by atoms with Gasteiger partial charge in [-0.2, -0.15) is 5.26 Å². The molecule has 2 heterocycles. The Hall–Kier alpha value is -4.28. The first-order chi connectivity index (χ1) is 17.7. The summed E-state index contributed by atoms with van der Waals surface area (Å²) >= 11 is 0. The van der Waals surface area contributed by atoms with Crippen LogP contribution in [0.3, 0.4) is 0 Å². The summed E-state index contributed by atoms with van der Waals surface area (Å²) in [6.07, 6.45) is 5.50. The average Bonchev–Trinajstić information content (AvgIpc) is 3.41. The molecule has 0 fully saturated rings. The lowest BCUT2D eigenvalue weighted by molar-refractivity contribution is -0.118. The van der Waals surface area contributed by atoms with E-state index in [1.54, 1.807) is 18.6 Å². The quantitative estimate of drug-likeness (QED) is 0.338. The number of pyridine rings is 1. The minimum Gasteiger partial charge on any atom is -0.309 e. The first-order valence-electron chi connectivity index (χ1n) is 12.3. The number of amides is 1. The Kier molecular flexibility index (Phi) is 7.80. The Balaban J connectivity index is 1.45. The average molecular weight is 493 g/mol. The first kappa shape index (κ1) is 25.8. The molecular formula is C30H32N6O. The fourth-order valence-electron chi connectivity index (χ4n) is 3.97. The molecule has 0 bridgehead atoms. The van der Waals surface area contributed by atoms with Gasteiger partial charge in [0, 0.05) is 18.2 Å². The zero-order chi connectivity index (χ0) is 26.4. The van der Waals surface area contributed by atoms with E-state index in [2.05, 4.69) is 54.4 Å². The second-order valence-corrected chi connectivity index (χ2v) is 10.2. The zero-order valence-electron chi connectivity index (χ0n) is 21.6. The number of nitrogens with zero attached hydrogens (tertiary/aromatic N) is 4. The Bertz CT molecular complexity index is 1360. The lowest BCUT2D eigenvalue weighted by Gasteiger charge is -2.21. The monoisotopic (exact) mass is 492 g/mol. The molecule has 1 unspecified atom stereocenters. The Morgan fingerprint density at radius 2 is 1.73 bits per heavy atom. The number of hydrogen-bond acceptors (Lipinski definition) is 5. The van der Waals surface area contributed by atoms with E-state index in [1.165, 1.54) is 0 Å². The van der Waals surface area contributed by atoms with E-state index < -0.39 is 6.04 Å². The molecule has 2 aromatic carbocycles. The maximum Gasteiger partial charge on any atom is 0.247 e. The minimum atomic E-state index is -0.550. The van der Waals surface area contributed by atoms with Crippen molar-refractivity contribution in [2.75, 3.05) is 11.9 Å². The van der Waals surface area contributed by atoms with Gasteiger partial charge in [-0.1, -0.05) is 70.2 Å². The van der Waals surface area contributed by atoms with Crippen molar-refractivity contribution in [2.45, 2.75) is 45.1 Å². The molecule has 188 valence electrons. The van der Waals surface area contributed by atoms with Crippen LogP contribution < -0.4 is 10.6 Å². The van der Waals surface area contributed by atoms with Crippen molar-refractivity contribution in [3.8, 4) is 11.8 Å². The first-order valence-corrected chi connectivity index (χ1v) is 12.3. The van der Waals surface area contributed by atoms with Gasteiger partial charge in [0.25, 0.3) is 0 Å². The summed E-state index contributed by atoms with van der Waals surface area (Å²) < 4.78 is 1.93. The molecule has 0 saturated heterocycles. The molecule has 0 radical (unpaired) electrons. The number of nitrogens with one attached hydrogen (secondary N) is 2. The fourth-order valence-corrected chi connectivity index (χ4v) is 3.97. The van der Waals surface area contributed by atoms with E-state index >= 15 is 0 Å². The van der Waals surface area contributed by atoms with E-state index in [1.807, 2.05) is 71.4 Å². The molecule has 0 aliphatic rings. The third-order valence-electron chi connectivity index (χ3n) is 6.28. The zero-order valence-corrected chi connectivity index (χ0v) is 21.6. The van der Waals surface area contributed by atoms with E-state index in [4.69, 9.17) is 5.26 Å². The van der Waals surface area contributed by atoms with Gasteiger partial charge in [-0.25, -0.2) is 9.97 Å². The summed E-state index contributed by atoms with van der Waals surface area (Å²) in [7, 11) is 0. The maximum absolute atomic E-state index is 13.3. The van der Waals surface area contributed by atoms with Crippen LogP contribution in [0.2, 0.25) is 0 Å². The highest BCUT2D eigenvalue weighted by Gasteiger charge is 2.22. The Labute approximate surface area is 218 Å². The van der Waals surface area contributed by atoms with Crippen LogP contribution in [0.25, 0.3) is 5.69 Å². The van der Waals surface area contributed by atoms with Crippen LogP contribution in [-0.2, 0) is 10.2 Å². The smallest absolute Gasteiger partial charge is 0.247 e. The van der Waals surface area contributed by atoms with E-state index in [-0.39, 0.29) is 17.2 Å². The fraction of sp³-hybridized carbons (Fsp3) is 0.267. The molecule has 0 spiro atoms. The number of carbonyl (C=O) groups excluding carboxylic acids is 1. The molecule has 2 atom stereocenters. The van der Waals surface area contributed by atoms with Crippen molar-refractivity contribution in [2.24, 2.45) is 0 Å². The SMILES string of the molecule is C[C@@H](CNC(C(=O)Nc1ccc(-n2cnc(C(C)(C)C)c2)cn1)c1ccccc1)c1ccc(C#N)cc1. The van der Waals surface area contributed by atoms with E-state index in [9.17, 15) is 4.79 Å². The predicted octanol–water partition coefficient (Wildman–Crippen LogP) is 5.51. The second-order valence-electron chi connectivity index (χ2n) is 10.2. The summed E-state index contributed by atoms with van der Waals surface area (Å²) in [5, 5.41) is 15.4. The minimum absolute atomic E-state index is 0.0381. The van der Waals surface area contributed by atoms with Gasteiger partial charge in [-0.05, 0) is 41.3 Å². The molecule has 0 saturated carbocycles. The standard InChI is InChI=1S/C30H32N6O/c1-21(23-12-10-22(16-31)11-13-23)17-33-28(24-8-6-5-7-9-24)29(37)35-27-15-14-25(18-32-27)36-19-26(34-20-36)30(2,3)4/h5-15,18-21,28,33H,17H2,1-4H3,(H,32,35,37)/t21-,28?/m0/s1. The van der Waals surface area contributed by atoms with Crippen molar-refractivity contribution in [3.05, 3.63) is 108 Å². The summed E-state index contributed by atoms with van der Waals surface area (Å²) in [5.41, 5.74) is 4.43. The predicted molar refractivity (Wildman–Crippen MR) is 145 cm³/mol. The van der Waals surface area contributed by atoms with E-state index in [0.29, 0.717) is 17.9 Å². The van der Waals surface area contributed by atoms with Crippen LogP contribution in [0.5, 0.6) is 0 Å². The largest absolute Gasteiger partial charge is 0.309 e. The number of carbonyl (C=O) groups is 1. The summed E-state index contributed by atoms with van der Waals surface area (Å²) in [6.45, 7) is 9.05. The number of benzene rings is 2. The molecule has 0 aliphatic carbocycles. The van der Waals surface area contributed by atoms with Gasteiger partial charge in [0.15, 0.2) is 0 Å². The molecule has 0 aliphatic heterocycles. The highest BCUT2D eigenvalue weighted by atomic mass is 16.2. The number of rotatable bonds is 8. The number of hydrogen-bond donors (Lipinski definition) is 2. The number of imidazole rings is 1. The lowest BCUT2D eigenvalue weighted by atomic mass is 9.93. The van der Waals surface area contributed by atoms with Crippen molar-refractivity contribution < 1.29 is 4.79 Å². The highest BCUT2D eigenvalue weighted by Crippen LogP contribution is 2.22. The molecule has 37 heavy (non-hydrogen) atoms. The van der Waals surface area contributed by atoms with Crippen molar-refractivity contribution >= 4 is 11.7 Å². The summed E-state index contributed by atoms with van der Waals surface area (Å²) in [5.74, 6) is 0.446. The van der Waals surface area contributed by atoms with Crippen molar-refractivity contribution in [1.29, 1.82) is 5.26 Å². The molecular weight excluding hydrogens is 460 g/mol. The number of anilines is 1. The molecule has 2 N–H and O–H groups in total. The van der Waals surface area contributed by atoms with Gasteiger partial charge in [-0.15, -0.1) is 0 Å². The summed E-state index contributed by atoms with van der Waals surface area (Å²) in [6, 6.07) is 22.5. The van der Waals surface area contributed by atoms with Gasteiger partial charge in [0.2, 0.25) is 5.91 Å². The Morgan fingerprint density at radius 3 is 2.32 bits per heavy atom. The number of aromatic nitrogens is 3. The van der Waals surface area contributed by atoms with Crippen LogP contribution >= 0.6 is 0 Å². The van der Waals surface area contributed by atoms with Crippen LogP contribution in [0.4, 0.5) is 5.82 Å². The molecule has 2 aromatic heterocycles. The van der Waals surface area contributed by atoms with Crippen molar-refractivity contribution in [3.63, 3.8) is 0 Å².